The summed E-state index contributed by atoms with van der Waals surface area (Å²) in [5.41, 5.74) is 7.65. The molecule has 0 spiro atoms. The number of aryl methyl sites for hydroxylation is 1. The lowest BCUT2D eigenvalue weighted by atomic mass is 9.99. The van der Waals surface area contributed by atoms with Crippen LogP contribution in [0.25, 0.3) is 0 Å². The second-order valence-corrected chi connectivity index (χ2v) is 16.4. The third-order valence-corrected chi connectivity index (χ3v) is 11.3. The molecule has 2 aromatic carbocycles. The van der Waals surface area contributed by atoms with Crippen LogP contribution in [0.3, 0.4) is 0 Å². The summed E-state index contributed by atoms with van der Waals surface area (Å²) in [4.78, 5) is 98.7. The van der Waals surface area contributed by atoms with Crippen LogP contribution in [-0.2, 0) is 35.2 Å². The number of aliphatic hydroxyl groups excluding tert-OH is 1. The minimum absolute atomic E-state index is 0.0385. The van der Waals surface area contributed by atoms with Crippen LogP contribution < -0.4 is 27.0 Å². The summed E-state index contributed by atoms with van der Waals surface area (Å²) in [6.07, 6.45) is 2.09. The Bertz CT molecular complexity index is 1940. The van der Waals surface area contributed by atoms with Crippen LogP contribution in [0.2, 0.25) is 5.02 Å². The van der Waals surface area contributed by atoms with Crippen molar-refractivity contribution in [3.63, 3.8) is 0 Å². The zero-order valence-corrected chi connectivity index (χ0v) is 34.5. The van der Waals surface area contributed by atoms with Gasteiger partial charge in [-0.1, -0.05) is 48.4 Å². The average Bonchev–Trinajstić information content (AvgIpc) is 3.79. The van der Waals surface area contributed by atoms with Gasteiger partial charge in [0.1, 0.15) is 36.0 Å². The zero-order chi connectivity index (χ0) is 43.1. The van der Waals surface area contributed by atoms with Gasteiger partial charge in [-0.2, -0.15) is 0 Å². The Balaban J connectivity index is 1.28. The number of aliphatic hydroxyl groups is 1. The maximum Gasteiger partial charge on any atom is 0.319 e. The number of amides is 7. The molecule has 3 saturated heterocycles. The second-order valence-electron chi connectivity index (χ2n) is 15.9. The number of urea groups is 1. The number of nitrogens with two attached hydrogens (primary N) is 1. The van der Waals surface area contributed by atoms with Gasteiger partial charge in [0.25, 0.3) is 0 Å². The first-order valence-corrected chi connectivity index (χ1v) is 20.3. The summed E-state index contributed by atoms with van der Waals surface area (Å²) in [6.45, 7) is 6.44. The highest BCUT2D eigenvalue weighted by molar-refractivity contribution is 6.30. The first-order valence-electron chi connectivity index (χ1n) is 19.9. The van der Waals surface area contributed by atoms with Crippen LogP contribution in [0, 0.1) is 18.7 Å². The molecular weight excluding hydrogens is 787 g/mol. The van der Waals surface area contributed by atoms with Gasteiger partial charge >= 0.3 is 6.03 Å². The third-order valence-electron chi connectivity index (χ3n) is 11.1. The smallest absolute Gasteiger partial charge is 0.319 e. The van der Waals surface area contributed by atoms with E-state index in [0.717, 1.165) is 11.6 Å². The van der Waals surface area contributed by atoms with Gasteiger partial charge in [0, 0.05) is 37.1 Å². The maximum atomic E-state index is 14.5. The van der Waals surface area contributed by atoms with Crippen LogP contribution in [0.15, 0.2) is 42.5 Å². The van der Waals surface area contributed by atoms with Crippen molar-refractivity contribution < 1.29 is 43.1 Å². The minimum atomic E-state index is -1.55. The number of likely N-dealkylation sites (tertiary alicyclic amines) is 3. The molecule has 59 heavy (non-hydrogen) atoms. The maximum absolute atomic E-state index is 14.5. The normalized spacial score (nSPS) is 23.2. The molecule has 3 aliphatic rings. The van der Waals surface area contributed by atoms with E-state index in [4.69, 9.17) is 17.3 Å². The number of nitrogens with zero attached hydrogens (tertiary/aromatic N) is 3. The Morgan fingerprint density at radius 1 is 0.898 bits per heavy atom. The van der Waals surface area contributed by atoms with Crippen molar-refractivity contribution in [1.29, 1.82) is 0 Å². The van der Waals surface area contributed by atoms with Gasteiger partial charge < -0.3 is 46.8 Å². The molecule has 8 atom stereocenters. The van der Waals surface area contributed by atoms with Gasteiger partial charge in [-0.25, -0.2) is 9.18 Å². The number of hydrogen-bond donors (Lipinski definition) is 6. The van der Waals surface area contributed by atoms with E-state index in [1.165, 1.54) is 33.8 Å². The molecule has 3 aliphatic heterocycles. The molecule has 0 aromatic heterocycles. The van der Waals surface area contributed by atoms with Gasteiger partial charge in [-0.3, -0.25) is 28.8 Å². The number of halogens is 2. The van der Waals surface area contributed by atoms with E-state index in [2.05, 4.69) is 21.3 Å². The number of Topliss-reactive ketones (excluding diaryl/α,β-unsaturated/α-hetero) is 1. The summed E-state index contributed by atoms with van der Waals surface area (Å²) in [5.74, 6) is -3.91. The molecule has 0 saturated carbocycles. The summed E-state index contributed by atoms with van der Waals surface area (Å²) >= 11 is 5.83. The SMILES string of the molecule is CC(=O)[C@@H]1C[C@@H](C)CN1C(=O)[C@H](C)NC(=O)[C@@H]1CCCCN1C(=O)[C@@H]1C[C@H](N)CN1C(=O)[C@H](CO)NC(=O)[C@H](Cc1cccc(C)c1)NC(=O)Nc1ccc(Cl)cc1F. The topological polar surface area (TPSA) is 224 Å². The molecule has 2 aromatic rings. The minimum Gasteiger partial charge on any atom is -0.394 e. The molecule has 0 aliphatic carbocycles. The summed E-state index contributed by atoms with van der Waals surface area (Å²) < 4.78 is 14.5. The number of carbonyl (C=O) groups excluding carboxylic acids is 7. The number of ketones is 1. The summed E-state index contributed by atoms with van der Waals surface area (Å²) in [5, 5.41) is 20.7. The fourth-order valence-electron chi connectivity index (χ4n) is 8.15. The number of rotatable bonds is 13. The molecule has 0 unspecified atom stereocenters. The molecule has 16 nitrogen and oxygen atoms in total. The molecular formula is C41H54ClFN8O8. The Hall–Kier alpha value is -5.13. The van der Waals surface area contributed by atoms with E-state index in [9.17, 15) is 43.1 Å². The fourth-order valence-corrected chi connectivity index (χ4v) is 8.31. The van der Waals surface area contributed by atoms with Crippen LogP contribution in [-0.4, -0.2) is 130 Å². The second kappa shape index (κ2) is 19.7. The number of anilines is 1. The van der Waals surface area contributed by atoms with Gasteiger partial charge in [-0.05, 0) is 82.6 Å². The van der Waals surface area contributed by atoms with Crippen molar-refractivity contribution in [2.45, 2.75) is 109 Å². The lowest BCUT2D eigenvalue weighted by molar-refractivity contribution is -0.151. The number of benzene rings is 2. The molecule has 0 bridgehead atoms. The first-order chi connectivity index (χ1) is 28.0. The molecule has 7 N–H and O–H groups in total. The van der Waals surface area contributed by atoms with Crippen molar-refractivity contribution in [2.24, 2.45) is 11.7 Å². The van der Waals surface area contributed by atoms with Crippen LogP contribution in [0.4, 0.5) is 14.9 Å². The molecule has 3 fully saturated rings. The fraction of sp³-hybridized carbons (Fsp3) is 0.537. The molecule has 7 amide bonds. The van der Waals surface area contributed by atoms with Crippen molar-refractivity contribution >= 4 is 58.6 Å². The standard InChI is InChI=1S/C41H54ClFN8O8/c1-22-8-7-9-26(14-22)16-31(48-41(59)47-30-12-11-27(42)17-29(30)43)36(54)46-32(21-52)39(57)51-20-28(44)18-35(51)40(58)49-13-6-5-10-33(49)37(55)45-24(3)38(56)50-19-23(2)15-34(50)25(4)53/h7-9,11-12,14,17,23-24,28,31-35,52H,5-6,10,13,15-16,18-21,44H2,1-4H3,(H,45,55)(H,46,54)(H2,47,48,59)/t23-,24+,28+,31+,32+,33+,34+,35+/m1/s1. The predicted octanol–water partition coefficient (Wildman–Crippen LogP) is 1.64. The number of nitrogens with one attached hydrogen (secondary N) is 4. The van der Waals surface area contributed by atoms with E-state index < -0.39 is 84.4 Å². The molecule has 0 radical (unpaired) electrons. The Morgan fingerprint density at radius 2 is 1.63 bits per heavy atom. The van der Waals surface area contributed by atoms with E-state index >= 15 is 0 Å². The monoisotopic (exact) mass is 840 g/mol. The van der Waals surface area contributed by atoms with Gasteiger partial charge in [0.15, 0.2) is 5.78 Å². The highest BCUT2D eigenvalue weighted by atomic mass is 35.5. The largest absolute Gasteiger partial charge is 0.394 e. The first kappa shape index (κ1) is 45.0. The lowest BCUT2D eigenvalue weighted by Gasteiger charge is -2.39. The number of piperidine rings is 1. The van der Waals surface area contributed by atoms with Crippen molar-refractivity contribution in [3.8, 4) is 0 Å². The van der Waals surface area contributed by atoms with Gasteiger partial charge in [0.05, 0.1) is 18.3 Å². The van der Waals surface area contributed by atoms with Crippen LogP contribution >= 0.6 is 11.6 Å². The predicted molar refractivity (Wildman–Crippen MR) is 216 cm³/mol. The lowest BCUT2D eigenvalue weighted by Crippen LogP contribution is -2.61. The van der Waals surface area contributed by atoms with Gasteiger partial charge in [-0.15, -0.1) is 0 Å². The summed E-state index contributed by atoms with van der Waals surface area (Å²) in [7, 11) is 0. The number of hydrogen-bond acceptors (Lipinski definition) is 9. The van der Waals surface area contributed by atoms with Gasteiger partial charge in [0.2, 0.25) is 29.5 Å². The van der Waals surface area contributed by atoms with E-state index in [-0.39, 0.29) is 54.2 Å². The summed E-state index contributed by atoms with van der Waals surface area (Å²) in [6, 6.07) is 2.79. The molecule has 320 valence electrons. The molecule has 3 heterocycles. The third kappa shape index (κ3) is 11.1. The molecule has 5 rings (SSSR count). The van der Waals surface area contributed by atoms with E-state index in [1.54, 1.807) is 25.1 Å². The average molecular weight is 841 g/mol. The highest BCUT2D eigenvalue weighted by Crippen LogP contribution is 2.27. The molecule has 18 heteroatoms. The van der Waals surface area contributed by atoms with E-state index in [1.807, 2.05) is 19.9 Å². The van der Waals surface area contributed by atoms with Crippen LogP contribution in [0.1, 0.15) is 64.0 Å². The van der Waals surface area contributed by atoms with Crippen LogP contribution in [0.5, 0.6) is 0 Å². The zero-order valence-electron chi connectivity index (χ0n) is 33.7. The Kier molecular flexibility index (Phi) is 15.1. The van der Waals surface area contributed by atoms with Crippen molar-refractivity contribution in [2.75, 3.05) is 31.6 Å². The highest BCUT2D eigenvalue weighted by Gasteiger charge is 2.46. The Labute approximate surface area is 347 Å². The Morgan fingerprint density at radius 3 is 2.31 bits per heavy atom. The quantitative estimate of drug-likeness (QED) is 0.172. The van der Waals surface area contributed by atoms with E-state index in [0.29, 0.717) is 37.8 Å². The number of carbonyl (C=O) groups is 7. The van der Waals surface area contributed by atoms with Crippen molar-refractivity contribution in [3.05, 3.63) is 64.4 Å². The van der Waals surface area contributed by atoms with Crippen molar-refractivity contribution in [1.82, 2.24) is 30.7 Å².